The minimum absolute atomic E-state index is 0.156. The van der Waals surface area contributed by atoms with Crippen molar-refractivity contribution in [2.24, 2.45) is 0 Å². The number of aromatic nitrogens is 2. The van der Waals surface area contributed by atoms with Crippen LogP contribution in [0.25, 0.3) is 11.0 Å². The van der Waals surface area contributed by atoms with E-state index in [4.69, 9.17) is 0 Å². The van der Waals surface area contributed by atoms with E-state index in [1.807, 2.05) is 18.2 Å². The fraction of sp³-hybridized carbons (Fsp3) is 0. The molecule has 14 heavy (non-hydrogen) atoms. The average Bonchev–Trinajstić information content (AvgIpc) is 2.17. The van der Waals surface area contributed by atoms with Crippen molar-refractivity contribution in [1.29, 1.82) is 0 Å². The molecule has 0 aliphatic carbocycles. The second kappa shape index (κ2) is 3.63. The van der Waals surface area contributed by atoms with Gasteiger partial charge in [0.15, 0.2) is 0 Å². The monoisotopic (exact) mass is 206 g/mol. The van der Waals surface area contributed by atoms with Crippen molar-refractivity contribution in [3.05, 3.63) is 30.5 Å². The molecular weight excluding hydrogens is 200 g/mol. The summed E-state index contributed by atoms with van der Waals surface area (Å²) in [7, 11) is 0. The first kappa shape index (κ1) is 8.96. The molecule has 0 unspecified atom stereocenters. The van der Waals surface area contributed by atoms with Crippen LogP contribution in [0.4, 0.5) is 4.79 Å². The number of thiol groups is 1. The Morgan fingerprint density at radius 1 is 1.29 bits per heavy atom. The first-order valence-electron chi connectivity index (χ1n) is 3.88. The highest BCUT2D eigenvalue weighted by Crippen LogP contribution is 2.13. The summed E-state index contributed by atoms with van der Waals surface area (Å²) in [5.41, 5.74) is 1.44. The summed E-state index contributed by atoms with van der Waals surface area (Å²) >= 11 is 3.47. The van der Waals surface area contributed by atoms with Crippen LogP contribution in [0.3, 0.4) is 0 Å². The fourth-order valence-electron chi connectivity index (χ4n) is 1.08. The van der Waals surface area contributed by atoms with Crippen LogP contribution < -0.4 is 4.74 Å². The zero-order chi connectivity index (χ0) is 9.97. The molecule has 4 nitrogen and oxygen atoms in total. The molecule has 0 N–H and O–H groups in total. The molecule has 5 heteroatoms. The first-order valence-corrected chi connectivity index (χ1v) is 4.33. The van der Waals surface area contributed by atoms with Crippen LogP contribution in [-0.4, -0.2) is 15.3 Å². The summed E-state index contributed by atoms with van der Waals surface area (Å²) in [4.78, 5) is 18.6. The van der Waals surface area contributed by atoms with Crippen LogP contribution in [-0.2, 0) is 0 Å². The van der Waals surface area contributed by atoms with Crippen LogP contribution in [0.1, 0.15) is 0 Å². The van der Waals surface area contributed by atoms with Gasteiger partial charge in [-0.25, -0.2) is 14.8 Å². The van der Waals surface area contributed by atoms with Crippen molar-refractivity contribution in [1.82, 2.24) is 9.97 Å². The van der Waals surface area contributed by atoms with E-state index in [9.17, 15) is 4.79 Å². The third-order valence-corrected chi connectivity index (χ3v) is 1.71. The highest BCUT2D eigenvalue weighted by atomic mass is 32.1. The molecule has 1 aromatic carbocycles. The van der Waals surface area contributed by atoms with Crippen molar-refractivity contribution in [3.8, 4) is 5.88 Å². The van der Waals surface area contributed by atoms with Crippen molar-refractivity contribution in [3.63, 3.8) is 0 Å². The molecule has 0 atom stereocenters. The Labute approximate surface area is 85.3 Å². The zero-order valence-electron chi connectivity index (χ0n) is 7.04. The number of benzene rings is 1. The Bertz CT molecular complexity index is 487. The quantitative estimate of drug-likeness (QED) is 0.573. The predicted octanol–water partition coefficient (Wildman–Crippen LogP) is 2.06. The molecule has 0 radical (unpaired) electrons. The Morgan fingerprint density at radius 2 is 2.00 bits per heavy atom. The van der Waals surface area contributed by atoms with Gasteiger partial charge in [0, 0.05) is 0 Å². The Balaban J connectivity index is 2.46. The largest absolute Gasteiger partial charge is 0.398 e. The molecule has 0 saturated carbocycles. The zero-order valence-corrected chi connectivity index (χ0v) is 7.94. The maximum Gasteiger partial charge on any atom is 0.370 e. The molecule has 0 aliphatic rings. The molecule has 2 aromatic rings. The molecule has 1 aromatic heterocycles. The second-order valence-electron chi connectivity index (χ2n) is 2.56. The van der Waals surface area contributed by atoms with Gasteiger partial charge in [-0.2, -0.15) is 0 Å². The number of carbonyl (C=O) groups is 1. The van der Waals surface area contributed by atoms with Crippen molar-refractivity contribution >= 4 is 29.0 Å². The van der Waals surface area contributed by atoms with E-state index in [2.05, 4.69) is 27.3 Å². The molecule has 70 valence electrons. The van der Waals surface area contributed by atoms with E-state index in [1.165, 1.54) is 6.20 Å². The number of rotatable bonds is 1. The third-order valence-electron chi connectivity index (χ3n) is 1.62. The van der Waals surface area contributed by atoms with Gasteiger partial charge in [0.1, 0.15) is 0 Å². The van der Waals surface area contributed by atoms with Gasteiger partial charge in [-0.1, -0.05) is 24.8 Å². The number of ether oxygens (including phenoxy) is 1. The molecule has 0 bridgehead atoms. The predicted molar refractivity (Wildman–Crippen MR) is 54.5 cm³/mol. The SMILES string of the molecule is O=C(S)Oc1cnc2ccccc2n1. The lowest BCUT2D eigenvalue weighted by molar-refractivity contribution is 0.226. The van der Waals surface area contributed by atoms with Crippen LogP contribution in [0.2, 0.25) is 0 Å². The number of fused-ring (bicyclic) bond motifs is 1. The first-order chi connectivity index (χ1) is 6.75. The van der Waals surface area contributed by atoms with Gasteiger partial charge in [0.25, 0.3) is 0 Å². The molecule has 2 rings (SSSR count). The molecule has 0 spiro atoms. The summed E-state index contributed by atoms with van der Waals surface area (Å²) in [5.74, 6) is 0.156. The fourth-order valence-corrected chi connectivity index (χ4v) is 1.17. The lowest BCUT2D eigenvalue weighted by atomic mass is 10.3. The van der Waals surface area contributed by atoms with E-state index in [0.29, 0.717) is 5.52 Å². The third kappa shape index (κ3) is 1.82. The topological polar surface area (TPSA) is 52.1 Å². The van der Waals surface area contributed by atoms with Crippen LogP contribution in [0.15, 0.2) is 30.5 Å². The summed E-state index contributed by atoms with van der Waals surface area (Å²) in [5, 5.41) is -0.699. The van der Waals surface area contributed by atoms with E-state index >= 15 is 0 Å². The molecule has 0 amide bonds. The Kier molecular flexibility index (Phi) is 2.32. The van der Waals surface area contributed by atoms with E-state index in [1.54, 1.807) is 6.07 Å². The minimum Gasteiger partial charge on any atom is -0.398 e. The summed E-state index contributed by atoms with van der Waals surface area (Å²) in [6, 6.07) is 7.32. The number of hydrogen-bond donors (Lipinski definition) is 1. The highest BCUT2D eigenvalue weighted by Gasteiger charge is 2.02. The van der Waals surface area contributed by atoms with Crippen LogP contribution >= 0.6 is 12.6 Å². The maximum atomic E-state index is 10.5. The van der Waals surface area contributed by atoms with Crippen molar-refractivity contribution < 1.29 is 9.53 Å². The molecule has 0 aliphatic heterocycles. The number of carbonyl (C=O) groups excluding carboxylic acids is 1. The van der Waals surface area contributed by atoms with E-state index in [0.717, 1.165) is 5.52 Å². The average molecular weight is 206 g/mol. The molecule has 0 fully saturated rings. The van der Waals surface area contributed by atoms with Gasteiger partial charge in [0.2, 0.25) is 5.88 Å². The Hall–Kier alpha value is -1.62. The minimum atomic E-state index is -0.699. The Morgan fingerprint density at radius 3 is 2.71 bits per heavy atom. The van der Waals surface area contributed by atoms with Gasteiger partial charge in [-0.3, -0.25) is 0 Å². The van der Waals surface area contributed by atoms with Crippen molar-refractivity contribution in [2.45, 2.75) is 0 Å². The van der Waals surface area contributed by atoms with E-state index in [-0.39, 0.29) is 5.88 Å². The summed E-state index contributed by atoms with van der Waals surface area (Å²) < 4.78 is 4.67. The van der Waals surface area contributed by atoms with Gasteiger partial charge in [-0.05, 0) is 12.1 Å². The summed E-state index contributed by atoms with van der Waals surface area (Å²) in [6.07, 6.45) is 1.39. The molecule has 1 heterocycles. The number of para-hydroxylation sites is 2. The molecular formula is C9H6N2O2S. The van der Waals surface area contributed by atoms with Crippen LogP contribution in [0, 0.1) is 0 Å². The van der Waals surface area contributed by atoms with Crippen molar-refractivity contribution in [2.75, 3.05) is 0 Å². The number of hydrogen-bond acceptors (Lipinski definition) is 4. The molecule has 0 saturated heterocycles. The standard InChI is InChI=1S/C9H6N2O2S/c12-9(14)13-8-5-10-6-3-1-2-4-7(6)11-8/h1-5H,(H,12,14). The highest BCUT2D eigenvalue weighted by molar-refractivity contribution is 7.96. The smallest absolute Gasteiger partial charge is 0.370 e. The van der Waals surface area contributed by atoms with Crippen LogP contribution in [0.5, 0.6) is 5.88 Å². The van der Waals surface area contributed by atoms with Gasteiger partial charge in [-0.15, -0.1) is 0 Å². The normalized spacial score (nSPS) is 10.1. The maximum absolute atomic E-state index is 10.5. The number of nitrogens with zero attached hydrogens (tertiary/aromatic N) is 2. The second-order valence-corrected chi connectivity index (χ2v) is 2.93. The lowest BCUT2D eigenvalue weighted by Crippen LogP contribution is -1.99. The lowest BCUT2D eigenvalue weighted by Gasteiger charge is -1.99. The van der Waals surface area contributed by atoms with Gasteiger partial charge < -0.3 is 4.74 Å². The van der Waals surface area contributed by atoms with Gasteiger partial charge in [0.05, 0.1) is 17.2 Å². The van der Waals surface area contributed by atoms with E-state index < -0.39 is 5.30 Å². The summed E-state index contributed by atoms with van der Waals surface area (Å²) in [6.45, 7) is 0. The van der Waals surface area contributed by atoms with Gasteiger partial charge >= 0.3 is 5.30 Å².